The van der Waals surface area contributed by atoms with Crippen molar-refractivity contribution >= 4 is 17.2 Å². The second-order valence-electron chi connectivity index (χ2n) is 12.3. The number of nitrogens with zero attached hydrogens (tertiary/aromatic N) is 4. The third-order valence-corrected chi connectivity index (χ3v) is 9.26. The van der Waals surface area contributed by atoms with Crippen LogP contribution in [0.4, 0.5) is 14.5 Å². The van der Waals surface area contributed by atoms with Crippen molar-refractivity contribution in [1.82, 2.24) is 19.2 Å². The van der Waals surface area contributed by atoms with Gasteiger partial charge in [-0.25, -0.2) is 13.8 Å². The van der Waals surface area contributed by atoms with E-state index in [0.717, 1.165) is 33.9 Å². The van der Waals surface area contributed by atoms with Crippen LogP contribution in [0, 0.1) is 11.6 Å². The highest BCUT2D eigenvalue weighted by molar-refractivity contribution is 6.04. The van der Waals surface area contributed by atoms with Crippen LogP contribution in [0.2, 0.25) is 0 Å². The predicted octanol–water partition coefficient (Wildman–Crippen LogP) is 9.24. The summed E-state index contributed by atoms with van der Waals surface area (Å²) in [5, 5.41) is 7.55. The second-order valence-corrected chi connectivity index (χ2v) is 12.3. The lowest BCUT2D eigenvalue weighted by Crippen LogP contribution is -2.38. The summed E-state index contributed by atoms with van der Waals surface area (Å²) in [6.45, 7) is 0. The maximum absolute atomic E-state index is 15.5. The molecule has 1 N–H and O–H groups in total. The number of ether oxygens (including phenoxy) is 1. The maximum atomic E-state index is 15.5. The van der Waals surface area contributed by atoms with Gasteiger partial charge in [0.2, 0.25) is 0 Å². The Morgan fingerprint density at radius 1 is 0.673 bits per heavy atom. The molecule has 0 aliphatic carbocycles. The highest BCUT2D eigenvalue weighted by Crippen LogP contribution is 2.41. The van der Waals surface area contributed by atoms with Gasteiger partial charge in [0.25, 0.3) is 5.91 Å². The van der Waals surface area contributed by atoms with Crippen molar-refractivity contribution in [3.8, 4) is 28.1 Å². The zero-order chi connectivity index (χ0) is 35.7. The molecule has 0 saturated heterocycles. The summed E-state index contributed by atoms with van der Waals surface area (Å²) in [4.78, 5) is 17.5. The first kappa shape index (κ1) is 32.3. The minimum absolute atomic E-state index is 0.0400. The Hall–Kier alpha value is -6.87. The molecule has 9 heteroatoms. The smallest absolute Gasteiger partial charge is 0.258 e. The van der Waals surface area contributed by atoms with Gasteiger partial charge in [0.1, 0.15) is 17.0 Å². The molecule has 254 valence electrons. The molecule has 0 atom stereocenters. The quantitative estimate of drug-likeness (QED) is 0.154. The third kappa shape index (κ3) is 5.68. The van der Waals surface area contributed by atoms with Crippen molar-refractivity contribution in [2.75, 3.05) is 12.4 Å². The first-order chi connectivity index (χ1) is 25.4. The van der Waals surface area contributed by atoms with E-state index in [2.05, 4.69) is 46.7 Å². The number of imidazole rings is 1. The van der Waals surface area contributed by atoms with Gasteiger partial charge in [0.05, 0.1) is 30.8 Å². The van der Waals surface area contributed by atoms with Crippen LogP contribution in [0.15, 0.2) is 164 Å². The van der Waals surface area contributed by atoms with Crippen molar-refractivity contribution in [3.63, 3.8) is 0 Å². The first-order valence-corrected chi connectivity index (χ1v) is 16.6. The molecule has 0 aliphatic rings. The van der Waals surface area contributed by atoms with Gasteiger partial charge >= 0.3 is 0 Å². The molecule has 0 fully saturated rings. The molecule has 3 aromatic heterocycles. The average molecular weight is 688 g/mol. The minimum atomic E-state index is -0.764. The Kier molecular flexibility index (Phi) is 8.36. The predicted molar refractivity (Wildman–Crippen MR) is 197 cm³/mol. The zero-order valence-corrected chi connectivity index (χ0v) is 27.9. The molecular weight excluding hydrogens is 657 g/mol. The molecule has 8 aromatic rings. The van der Waals surface area contributed by atoms with Crippen LogP contribution in [0.25, 0.3) is 28.0 Å². The van der Waals surface area contributed by atoms with Gasteiger partial charge in [-0.15, -0.1) is 0 Å². The normalized spacial score (nSPS) is 11.4. The SMILES string of the molecule is COc1ccc(NC(=O)c2ccc(-c3cnc4ccc(-c5cnn(C(c6ccccc6)(c6ccccc6)c6ccccc6)c5)cn34)cc2F)cc1F. The third-order valence-electron chi connectivity index (χ3n) is 9.26. The zero-order valence-electron chi connectivity index (χ0n) is 27.9. The summed E-state index contributed by atoms with van der Waals surface area (Å²) in [7, 11) is 1.35. The summed E-state index contributed by atoms with van der Waals surface area (Å²) >= 11 is 0. The summed E-state index contributed by atoms with van der Waals surface area (Å²) in [5.74, 6) is -2.03. The standard InChI is InChI=1S/C43H31F2N5O2/c1-52-40-21-19-35(24-38(40)45)48-42(51)36-20-17-29(23-37(36)44)39-26-46-41-22-18-30(27-49(39)41)31-25-47-50(28-31)43(32-11-5-2-6-12-32,33-13-7-3-8-14-33)34-15-9-4-10-16-34/h2-28H,1H3,(H,48,51). The van der Waals surface area contributed by atoms with Gasteiger partial charge in [-0.3, -0.25) is 13.9 Å². The Bertz CT molecular complexity index is 2440. The van der Waals surface area contributed by atoms with Gasteiger partial charge in [0, 0.05) is 40.8 Å². The van der Waals surface area contributed by atoms with Crippen molar-refractivity contribution in [3.05, 3.63) is 198 Å². The lowest BCUT2D eigenvalue weighted by atomic mass is 9.77. The van der Waals surface area contributed by atoms with Crippen LogP contribution >= 0.6 is 0 Å². The molecular formula is C43H31F2N5O2. The number of anilines is 1. The topological polar surface area (TPSA) is 73.4 Å². The number of amides is 1. The lowest BCUT2D eigenvalue weighted by Gasteiger charge is -2.36. The number of rotatable bonds is 9. The fourth-order valence-electron chi connectivity index (χ4n) is 6.76. The summed E-state index contributed by atoms with van der Waals surface area (Å²) in [6.07, 6.45) is 7.52. The summed E-state index contributed by atoms with van der Waals surface area (Å²) in [6, 6.07) is 43.3. The van der Waals surface area contributed by atoms with Crippen LogP contribution in [-0.2, 0) is 5.54 Å². The monoisotopic (exact) mass is 687 g/mol. The number of benzene rings is 5. The van der Waals surface area contributed by atoms with Crippen LogP contribution in [0.1, 0.15) is 27.0 Å². The number of methoxy groups -OCH3 is 1. The van der Waals surface area contributed by atoms with Crippen LogP contribution in [-0.4, -0.2) is 32.2 Å². The largest absolute Gasteiger partial charge is 0.494 e. The second kappa shape index (κ2) is 13.4. The summed E-state index contributed by atoms with van der Waals surface area (Å²) < 4.78 is 38.5. The van der Waals surface area contributed by atoms with E-state index in [1.807, 2.05) is 94.4 Å². The molecule has 0 bridgehead atoms. The average Bonchev–Trinajstić information content (AvgIpc) is 3.85. The molecule has 3 heterocycles. The van der Waals surface area contributed by atoms with Crippen molar-refractivity contribution in [2.45, 2.75) is 5.54 Å². The van der Waals surface area contributed by atoms with E-state index < -0.39 is 23.1 Å². The Morgan fingerprint density at radius 3 is 1.90 bits per heavy atom. The first-order valence-electron chi connectivity index (χ1n) is 16.6. The Labute approximate surface area is 298 Å². The number of hydrogen-bond donors (Lipinski definition) is 1. The van der Waals surface area contributed by atoms with Gasteiger partial charge in [-0.05, 0) is 53.1 Å². The summed E-state index contributed by atoms with van der Waals surface area (Å²) in [5.41, 5.74) is 6.01. The number of hydrogen-bond acceptors (Lipinski definition) is 4. The van der Waals surface area contributed by atoms with Gasteiger partial charge < -0.3 is 10.1 Å². The van der Waals surface area contributed by atoms with Gasteiger partial charge in [0.15, 0.2) is 11.6 Å². The number of aromatic nitrogens is 4. The number of carbonyl (C=O) groups excluding carboxylic acids is 1. The molecule has 0 radical (unpaired) electrons. The molecule has 8 rings (SSSR count). The lowest BCUT2D eigenvalue weighted by molar-refractivity contribution is 0.102. The molecule has 7 nitrogen and oxygen atoms in total. The Balaban J connectivity index is 1.16. The van der Waals surface area contributed by atoms with E-state index in [1.54, 1.807) is 12.3 Å². The van der Waals surface area contributed by atoms with E-state index in [4.69, 9.17) is 9.84 Å². The van der Waals surface area contributed by atoms with E-state index in [-0.39, 0.29) is 17.0 Å². The molecule has 0 unspecified atom stereocenters. The van der Waals surface area contributed by atoms with Gasteiger partial charge in [-0.1, -0.05) is 97.1 Å². The Morgan fingerprint density at radius 2 is 1.31 bits per heavy atom. The van der Waals surface area contributed by atoms with E-state index in [1.165, 1.54) is 31.4 Å². The van der Waals surface area contributed by atoms with Gasteiger partial charge in [-0.2, -0.15) is 5.10 Å². The number of fused-ring (bicyclic) bond motifs is 1. The van der Waals surface area contributed by atoms with Crippen LogP contribution in [0.3, 0.4) is 0 Å². The van der Waals surface area contributed by atoms with Crippen LogP contribution in [0.5, 0.6) is 5.75 Å². The molecule has 0 spiro atoms. The highest BCUT2D eigenvalue weighted by Gasteiger charge is 2.39. The number of pyridine rings is 1. The van der Waals surface area contributed by atoms with Crippen molar-refractivity contribution in [1.29, 1.82) is 0 Å². The number of nitrogens with one attached hydrogen (secondary N) is 1. The fraction of sp³-hybridized carbons (Fsp3) is 0.0465. The minimum Gasteiger partial charge on any atom is -0.494 e. The molecule has 5 aromatic carbocycles. The molecule has 0 saturated carbocycles. The fourth-order valence-corrected chi connectivity index (χ4v) is 6.76. The van der Waals surface area contributed by atoms with E-state index in [0.29, 0.717) is 16.9 Å². The van der Waals surface area contributed by atoms with E-state index in [9.17, 15) is 9.18 Å². The maximum Gasteiger partial charge on any atom is 0.258 e. The number of carbonyl (C=O) groups is 1. The van der Waals surface area contributed by atoms with Crippen molar-refractivity contribution in [2.24, 2.45) is 0 Å². The molecule has 1 amide bonds. The van der Waals surface area contributed by atoms with E-state index >= 15 is 4.39 Å². The van der Waals surface area contributed by atoms with Crippen molar-refractivity contribution < 1.29 is 18.3 Å². The molecule has 0 aliphatic heterocycles. The number of halogens is 2. The molecule has 52 heavy (non-hydrogen) atoms. The highest BCUT2D eigenvalue weighted by atomic mass is 19.1. The van der Waals surface area contributed by atoms with Crippen LogP contribution < -0.4 is 10.1 Å².